The molecular formula is C31H50O. The van der Waals surface area contributed by atoms with Crippen LogP contribution < -0.4 is 4.74 Å². The zero-order valence-electron chi connectivity index (χ0n) is 23.4. The summed E-state index contributed by atoms with van der Waals surface area (Å²) in [5, 5.41) is 0. The SMILES string of the molecule is C/C=C(C)/C=C/C=C(C)C.C/C=C(\C)CCC=C(C)C.COc1cc(C)c(C)c(C)c1C. The second kappa shape index (κ2) is 18.3. The minimum Gasteiger partial charge on any atom is -0.496 e. The highest BCUT2D eigenvalue weighted by Crippen LogP contribution is 2.26. The van der Waals surface area contributed by atoms with Crippen molar-refractivity contribution >= 4 is 0 Å². The largest absolute Gasteiger partial charge is 0.496 e. The Bertz CT molecular complexity index is 819. The maximum absolute atomic E-state index is 5.26. The van der Waals surface area contributed by atoms with Gasteiger partial charge in [0.05, 0.1) is 7.11 Å². The van der Waals surface area contributed by atoms with E-state index >= 15 is 0 Å². The maximum Gasteiger partial charge on any atom is 0.122 e. The zero-order chi connectivity index (χ0) is 25.3. The first kappa shape index (κ1) is 31.9. The van der Waals surface area contributed by atoms with Gasteiger partial charge in [-0.15, -0.1) is 0 Å². The van der Waals surface area contributed by atoms with Crippen LogP contribution in [-0.4, -0.2) is 7.11 Å². The lowest BCUT2D eigenvalue weighted by Gasteiger charge is -2.12. The van der Waals surface area contributed by atoms with E-state index in [4.69, 9.17) is 4.74 Å². The van der Waals surface area contributed by atoms with Gasteiger partial charge in [0.2, 0.25) is 0 Å². The van der Waals surface area contributed by atoms with Crippen molar-refractivity contribution in [2.24, 2.45) is 0 Å². The molecular weight excluding hydrogens is 388 g/mol. The van der Waals surface area contributed by atoms with Crippen molar-refractivity contribution in [2.75, 3.05) is 7.11 Å². The average molecular weight is 439 g/mol. The summed E-state index contributed by atoms with van der Waals surface area (Å²) in [7, 11) is 1.72. The second-order valence-electron chi connectivity index (χ2n) is 8.86. The molecule has 0 heterocycles. The van der Waals surface area contributed by atoms with E-state index in [1.807, 2.05) is 6.92 Å². The lowest BCUT2D eigenvalue weighted by molar-refractivity contribution is 0.411. The van der Waals surface area contributed by atoms with E-state index in [1.54, 1.807) is 7.11 Å². The predicted molar refractivity (Wildman–Crippen MR) is 148 cm³/mol. The fourth-order valence-electron chi connectivity index (χ4n) is 2.61. The van der Waals surface area contributed by atoms with Crippen LogP contribution in [-0.2, 0) is 0 Å². The van der Waals surface area contributed by atoms with Crippen molar-refractivity contribution < 1.29 is 4.74 Å². The van der Waals surface area contributed by atoms with Crippen LogP contribution in [0.15, 0.2) is 64.8 Å². The molecule has 0 aliphatic carbocycles. The molecule has 1 nitrogen and oxygen atoms in total. The van der Waals surface area contributed by atoms with Gasteiger partial charge in [0.15, 0.2) is 0 Å². The summed E-state index contributed by atoms with van der Waals surface area (Å²) < 4.78 is 5.26. The zero-order valence-corrected chi connectivity index (χ0v) is 23.4. The third-order valence-corrected chi connectivity index (χ3v) is 5.48. The quantitative estimate of drug-likeness (QED) is 0.317. The number of aryl methyl sites for hydroxylation is 1. The number of benzene rings is 1. The van der Waals surface area contributed by atoms with Crippen molar-refractivity contribution in [3.63, 3.8) is 0 Å². The molecule has 0 aliphatic heterocycles. The highest BCUT2D eigenvalue weighted by atomic mass is 16.5. The third-order valence-electron chi connectivity index (χ3n) is 5.48. The Hall–Kier alpha value is -2.28. The highest BCUT2D eigenvalue weighted by Gasteiger charge is 2.06. The van der Waals surface area contributed by atoms with Crippen LogP contribution in [0.2, 0.25) is 0 Å². The first-order valence-electron chi connectivity index (χ1n) is 11.7. The molecule has 1 heteroatoms. The van der Waals surface area contributed by atoms with Gasteiger partial charge in [0.1, 0.15) is 5.75 Å². The molecule has 0 fully saturated rings. The van der Waals surface area contributed by atoms with Gasteiger partial charge in [0.25, 0.3) is 0 Å². The molecule has 32 heavy (non-hydrogen) atoms. The lowest BCUT2D eigenvalue weighted by atomic mass is 9.99. The van der Waals surface area contributed by atoms with E-state index < -0.39 is 0 Å². The number of hydrogen-bond donors (Lipinski definition) is 0. The van der Waals surface area contributed by atoms with Crippen molar-refractivity contribution in [1.29, 1.82) is 0 Å². The Labute approximate surface area is 200 Å². The number of methoxy groups -OCH3 is 1. The molecule has 0 atom stereocenters. The summed E-state index contributed by atoms with van der Waals surface area (Å²) in [4.78, 5) is 0. The molecule has 0 radical (unpaired) electrons. The molecule has 0 saturated carbocycles. The van der Waals surface area contributed by atoms with Crippen molar-refractivity contribution in [1.82, 2.24) is 0 Å². The van der Waals surface area contributed by atoms with Gasteiger partial charge in [-0.05, 0) is 124 Å². The Balaban J connectivity index is 0. The summed E-state index contributed by atoms with van der Waals surface area (Å²) in [5.74, 6) is 0.996. The van der Waals surface area contributed by atoms with Gasteiger partial charge in [-0.25, -0.2) is 0 Å². The molecule has 0 bridgehead atoms. The van der Waals surface area contributed by atoms with Gasteiger partial charge in [-0.1, -0.05) is 58.7 Å². The van der Waals surface area contributed by atoms with E-state index in [9.17, 15) is 0 Å². The van der Waals surface area contributed by atoms with Crippen LogP contribution in [0.5, 0.6) is 5.75 Å². The molecule has 0 N–H and O–H groups in total. The first-order valence-corrected chi connectivity index (χ1v) is 11.7. The summed E-state index contributed by atoms with van der Waals surface area (Å²) in [6.07, 6.45) is 15.2. The fourth-order valence-corrected chi connectivity index (χ4v) is 2.61. The smallest absolute Gasteiger partial charge is 0.122 e. The van der Waals surface area contributed by atoms with E-state index in [0.29, 0.717) is 0 Å². The Morgan fingerprint density at radius 3 is 1.84 bits per heavy atom. The molecule has 1 rings (SSSR count). The van der Waals surface area contributed by atoms with Crippen molar-refractivity contribution in [2.45, 2.75) is 95.9 Å². The fraction of sp³-hybridized carbons (Fsp3) is 0.484. The summed E-state index contributed by atoms with van der Waals surface area (Å²) in [6.45, 7) is 25.4. The van der Waals surface area contributed by atoms with E-state index in [-0.39, 0.29) is 0 Å². The van der Waals surface area contributed by atoms with Crippen LogP contribution in [0, 0.1) is 27.7 Å². The summed E-state index contributed by atoms with van der Waals surface area (Å²) in [5.41, 5.74) is 10.8. The lowest BCUT2D eigenvalue weighted by Crippen LogP contribution is -1.95. The van der Waals surface area contributed by atoms with Gasteiger partial charge in [0, 0.05) is 0 Å². The number of allylic oxidation sites excluding steroid dienone is 10. The Kier molecular flexibility index (Phi) is 18.3. The minimum absolute atomic E-state index is 0.996. The highest BCUT2D eigenvalue weighted by molar-refractivity contribution is 5.47. The molecule has 0 aliphatic rings. The van der Waals surface area contributed by atoms with Crippen LogP contribution in [0.25, 0.3) is 0 Å². The molecule has 180 valence electrons. The van der Waals surface area contributed by atoms with Gasteiger partial charge >= 0.3 is 0 Å². The summed E-state index contributed by atoms with van der Waals surface area (Å²) in [6, 6.07) is 2.09. The second-order valence-corrected chi connectivity index (χ2v) is 8.86. The standard InChI is InChI=1S/C11H16O.C10H18.C10H16/c1-7-6-11(12-5)10(4)9(3)8(7)2;2*1-5-10(4)8-6-7-9(2)3/h6H,1-5H3;5,7H,6,8H2,1-4H3;5-8H,1-4H3/b;10-5+;8-6+,10-5+. The van der Waals surface area contributed by atoms with Crippen LogP contribution in [0.4, 0.5) is 0 Å². The molecule has 0 amide bonds. The molecule has 0 unspecified atom stereocenters. The number of rotatable bonds is 6. The van der Waals surface area contributed by atoms with Crippen LogP contribution in [0.1, 0.15) is 90.5 Å². The Morgan fingerprint density at radius 2 is 1.41 bits per heavy atom. The topological polar surface area (TPSA) is 9.23 Å². The molecule has 0 spiro atoms. The molecule has 1 aromatic rings. The molecule has 0 saturated heterocycles. The third kappa shape index (κ3) is 15.5. The van der Waals surface area contributed by atoms with Crippen molar-refractivity contribution in [3.8, 4) is 5.75 Å². The van der Waals surface area contributed by atoms with E-state index in [2.05, 4.69) is 119 Å². The molecule has 0 aromatic heterocycles. The maximum atomic E-state index is 5.26. The van der Waals surface area contributed by atoms with Gasteiger partial charge in [-0.2, -0.15) is 0 Å². The predicted octanol–water partition coefficient (Wildman–Crippen LogP) is 10.1. The number of hydrogen-bond acceptors (Lipinski definition) is 1. The van der Waals surface area contributed by atoms with E-state index in [1.165, 1.54) is 57.4 Å². The normalized spacial score (nSPS) is 11.2. The average Bonchev–Trinajstić information content (AvgIpc) is 2.74. The van der Waals surface area contributed by atoms with Crippen LogP contribution >= 0.6 is 0 Å². The Morgan fingerprint density at radius 1 is 0.812 bits per heavy atom. The number of ether oxygens (including phenoxy) is 1. The monoisotopic (exact) mass is 438 g/mol. The van der Waals surface area contributed by atoms with Crippen LogP contribution in [0.3, 0.4) is 0 Å². The van der Waals surface area contributed by atoms with Gasteiger partial charge in [-0.3, -0.25) is 0 Å². The van der Waals surface area contributed by atoms with Crippen molar-refractivity contribution in [3.05, 3.63) is 87.1 Å². The summed E-state index contributed by atoms with van der Waals surface area (Å²) >= 11 is 0. The van der Waals surface area contributed by atoms with Gasteiger partial charge < -0.3 is 4.74 Å². The van der Waals surface area contributed by atoms with E-state index in [0.717, 1.165) is 5.75 Å². The molecule has 1 aromatic carbocycles. The first-order chi connectivity index (χ1) is 14.9. The minimum atomic E-state index is 0.996.